The summed E-state index contributed by atoms with van der Waals surface area (Å²) in [5.74, 6) is 0. The second kappa shape index (κ2) is 10.0. The summed E-state index contributed by atoms with van der Waals surface area (Å²) in [6, 6.07) is 40.6. The third kappa shape index (κ3) is 5.12. The molecular weight excluding hydrogens is 366 g/mol. The first-order chi connectivity index (χ1) is 14.9. The largest absolute Gasteiger partial charge is 0.383 e. The van der Waals surface area contributed by atoms with Crippen molar-refractivity contribution < 1.29 is 4.84 Å². The van der Waals surface area contributed by atoms with Crippen LogP contribution in [0.25, 0.3) is 6.08 Å². The molecule has 0 saturated heterocycles. The van der Waals surface area contributed by atoms with Gasteiger partial charge >= 0.3 is 0 Å². The molecule has 0 aliphatic carbocycles. The molecule has 0 bridgehead atoms. The quantitative estimate of drug-likeness (QED) is 0.248. The number of nitrogens with zero attached hydrogens (tertiary/aromatic N) is 1. The fraction of sp³-hybridized carbons (Fsp3) is 0.0357. The van der Waals surface area contributed by atoms with E-state index in [4.69, 9.17) is 4.84 Å². The van der Waals surface area contributed by atoms with E-state index >= 15 is 0 Å². The van der Waals surface area contributed by atoms with Crippen LogP contribution in [0.5, 0.6) is 0 Å². The molecule has 146 valence electrons. The number of rotatable bonds is 7. The van der Waals surface area contributed by atoms with Crippen molar-refractivity contribution in [2.75, 3.05) is 0 Å². The molecule has 0 heterocycles. The van der Waals surface area contributed by atoms with Gasteiger partial charge in [-0.3, -0.25) is 0 Å². The van der Waals surface area contributed by atoms with Gasteiger partial charge in [-0.15, -0.1) is 0 Å². The van der Waals surface area contributed by atoms with Gasteiger partial charge in [-0.25, -0.2) is 0 Å². The van der Waals surface area contributed by atoms with Crippen LogP contribution < -0.4 is 0 Å². The second-order valence-corrected chi connectivity index (χ2v) is 6.88. The molecule has 2 nitrogen and oxygen atoms in total. The smallest absolute Gasteiger partial charge is 0.171 e. The molecule has 0 fully saturated rings. The van der Waals surface area contributed by atoms with Crippen LogP contribution in [0.2, 0.25) is 0 Å². The van der Waals surface area contributed by atoms with Crippen LogP contribution in [0.3, 0.4) is 0 Å². The molecule has 0 spiro atoms. The Hall–Kier alpha value is -3.91. The van der Waals surface area contributed by atoms with Crippen LogP contribution in [-0.4, -0.2) is 5.71 Å². The van der Waals surface area contributed by atoms with E-state index in [1.807, 2.05) is 103 Å². The van der Waals surface area contributed by atoms with Gasteiger partial charge < -0.3 is 4.84 Å². The number of hydrogen-bond acceptors (Lipinski definition) is 2. The van der Waals surface area contributed by atoms with Crippen LogP contribution in [-0.2, 0) is 4.84 Å². The van der Waals surface area contributed by atoms with Gasteiger partial charge in [0.1, 0.15) is 5.71 Å². The summed E-state index contributed by atoms with van der Waals surface area (Å²) in [5, 5.41) is 4.62. The Balaban J connectivity index is 1.68. The maximum atomic E-state index is 6.12. The molecule has 0 radical (unpaired) electrons. The lowest BCUT2D eigenvalue weighted by Crippen LogP contribution is -2.06. The molecule has 1 atom stereocenters. The molecule has 0 aliphatic heterocycles. The zero-order valence-corrected chi connectivity index (χ0v) is 16.6. The highest BCUT2D eigenvalue weighted by Crippen LogP contribution is 2.22. The van der Waals surface area contributed by atoms with Crippen molar-refractivity contribution in [3.05, 3.63) is 150 Å². The monoisotopic (exact) mass is 389 g/mol. The molecule has 1 unspecified atom stereocenters. The van der Waals surface area contributed by atoms with Crippen molar-refractivity contribution in [1.29, 1.82) is 0 Å². The first kappa shape index (κ1) is 19.4. The van der Waals surface area contributed by atoms with Crippen LogP contribution in [0.4, 0.5) is 0 Å². The van der Waals surface area contributed by atoms with Crippen LogP contribution in [0, 0.1) is 0 Å². The maximum Gasteiger partial charge on any atom is 0.171 e. The molecular formula is C28H23NO. The third-order valence-electron chi connectivity index (χ3n) is 4.74. The van der Waals surface area contributed by atoms with Crippen molar-refractivity contribution in [3.63, 3.8) is 0 Å². The minimum absolute atomic E-state index is 0.297. The fourth-order valence-electron chi connectivity index (χ4n) is 3.19. The lowest BCUT2D eigenvalue weighted by molar-refractivity contribution is 0.0937. The second-order valence-electron chi connectivity index (χ2n) is 6.88. The lowest BCUT2D eigenvalue weighted by atomic mass is 10.0. The minimum Gasteiger partial charge on any atom is -0.383 e. The van der Waals surface area contributed by atoms with E-state index in [2.05, 4.69) is 35.5 Å². The molecule has 0 amide bonds. The first-order valence-corrected chi connectivity index (χ1v) is 10.0. The summed E-state index contributed by atoms with van der Waals surface area (Å²) >= 11 is 0. The molecule has 30 heavy (non-hydrogen) atoms. The highest BCUT2D eigenvalue weighted by Gasteiger charge is 2.12. The van der Waals surface area contributed by atoms with Crippen molar-refractivity contribution in [2.24, 2.45) is 5.16 Å². The Kier molecular flexibility index (Phi) is 6.49. The average Bonchev–Trinajstić information content (AvgIpc) is 2.84. The summed E-state index contributed by atoms with van der Waals surface area (Å²) in [4.78, 5) is 6.12. The Morgan fingerprint density at radius 3 is 1.60 bits per heavy atom. The van der Waals surface area contributed by atoms with Gasteiger partial charge in [-0.05, 0) is 17.2 Å². The van der Waals surface area contributed by atoms with E-state index in [0.29, 0.717) is 0 Å². The number of oxime groups is 1. The normalized spacial score (nSPS) is 11.7. The fourth-order valence-corrected chi connectivity index (χ4v) is 3.19. The Labute approximate surface area is 177 Å². The maximum absolute atomic E-state index is 6.12. The van der Waals surface area contributed by atoms with Gasteiger partial charge in [-0.1, -0.05) is 133 Å². The summed E-state index contributed by atoms with van der Waals surface area (Å²) in [7, 11) is 0. The first-order valence-electron chi connectivity index (χ1n) is 10.0. The van der Waals surface area contributed by atoms with Gasteiger partial charge in [0.05, 0.1) is 0 Å². The third-order valence-corrected chi connectivity index (χ3v) is 4.74. The predicted molar refractivity (Wildman–Crippen MR) is 124 cm³/mol. The van der Waals surface area contributed by atoms with Gasteiger partial charge in [0.2, 0.25) is 0 Å². The minimum atomic E-state index is -0.297. The van der Waals surface area contributed by atoms with Crippen molar-refractivity contribution in [2.45, 2.75) is 6.10 Å². The Bertz CT molecular complexity index is 1050. The molecule has 0 saturated carbocycles. The van der Waals surface area contributed by atoms with E-state index < -0.39 is 0 Å². The van der Waals surface area contributed by atoms with Crippen molar-refractivity contribution in [1.82, 2.24) is 0 Å². The zero-order chi connectivity index (χ0) is 20.4. The topological polar surface area (TPSA) is 21.6 Å². The summed E-state index contributed by atoms with van der Waals surface area (Å²) < 4.78 is 0. The van der Waals surface area contributed by atoms with E-state index in [0.717, 1.165) is 28.0 Å². The van der Waals surface area contributed by atoms with Crippen molar-refractivity contribution >= 4 is 11.8 Å². The standard InChI is InChI=1S/C28H23NO/c1-5-13-23(14-6-1)21-22-27(24-15-7-2-8-16-24)30-29-28(25-17-9-3-10-18-25)26-19-11-4-12-20-26/h1-22,27H/b22-21+. The molecule has 0 N–H and O–H groups in total. The van der Waals surface area contributed by atoms with Gasteiger partial charge in [0.15, 0.2) is 6.10 Å². The lowest BCUT2D eigenvalue weighted by Gasteiger charge is -2.14. The van der Waals surface area contributed by atoms with Crippen LogP contribution in [0.1, 0.15) is 28.4 Å². The van der Waals surface area contributed by atoms with E-state index in [9.17, 15) is 0 Å². The molecule has 2 heteroatoms. The van der Waals surface area contributed by atoms with Gasteiger partial charge in [-0.2, -0.15) is 0 Å². The molecule has 0 aromatic heterocycles. The van der Waals surface area contributed by atoms with Crippen LogP contribution >= 0.6 is 0 Å². The van der Waals surface area contributed by atoms with Crippen molar-refractivity contribution in [3.8, 4) is 0 Å². The summed E-state index contributed by atoms with van der Waals surface area (Å²) in [5.41, 5.74) is 5.02. The highest BCUT2D eigenvalue weighted by molar-refractivity contribution is 6.12. The SMILES string of the molecule is C(=C\C(ON=C(c1ccccc1)c1ccccc1)c1ccccc1)/c1ccccc1. The number of hydrogen-bond donors (Lipinski definition) is 0. The van der Waals surface area contributed by atoms with Gasteiger partial charge in [0.25, 0.3) is 0 Å². The van der Waals surface area contributed by atoms with E-state index in [1.165, 1.54) is 0 Å². The highest BCUT2D eigenvalue weighted by atomic mass is 16.6. The molecule has 4 aromatic carbocycles. The molecule has 0 aliphatic rings. The summed E-state index contributed by atoms with van der Waals surface area (Å²) in [6.07, 6.45) is 3.81. The van der Waals surface area contributed by atoms with Crippen LogP contribution in [0.15, 0.2) is 133 Å². The average molecular weight is 389 g/mol. The van der Waals surface area contributed by atoms with E-state index in [-0.39, 0.29) is 6.10 Å². The summed E-state index contributed by atoms with van der Waals surface area (Å²) in [6.45, 7) is 0. The predicted octanol–water partition coefficient (Wildman–Crippen LogP) is 6.91. The number of benzene rings is 4. The van der Waals surface area contributed by atoms with E-state index in [1.54, 1.807) is 0 Å². The molecule has 4 rings (SSSR count). The Morgan fingerprint density at radius 2 is 1.07 bits per heavy atom. The Morgan fingerprint density at radius 1 is 0.600 bits per heavy atom. The zero-order valence-electron chi connectivity index (χ0n) is 16.6. The van der Waals surface area contributed by atoms with Gasteiger partial charge in [0, 0.05) is 11.1 Å². The molecule has 4 aromatic rings.